The van der Waals surface area contributed by atoms with Crippen molar-refractivity contribution >= 4 is 25.1 Å². The van der Waals surface area contributed by atoms with Gasteiger partial charge in [0.25, 0.3) is 0 Å². The molecule has 0 amide bonds. The first-order valence-corrected chi connectivity index (χ1v) is 12.9. The molecule has 0 spiro atoms. The summed E-state index contributed by atoms with van der Waals surface area (Å²) in [6.45, 7) is 13.5. The molecular weight excluding hydrogens is 358 g/mol. The van der Waals surface area contributed by atoms with E-state index >= 15 is 0 Å². The lowest BCUT2D eigenvalue weighted by atomic mass is 10.0. The lowest BCUT2D eigenvalue weighted by molar-refractivity contribution is -0.155. The molecule has 1 atom stereocenters. The summed E-state index contributed by atoms with van der Waals surface area (Å²) in [7, 11) is -1.11. The lowest BCUT2D eigenvalue weighted by Gasteiger charge is -2.21. The smallest absolute Gasteiger partial charge is 0.328 e. The number of nitriles is 1. The molecule has 0 N–H and O–H groups in total. The monoisotopic (exact) mass is 387 g/mol. The van der Waals surface area contributed by atoms with Crippen molar-refractivity contribution in [3.05, 3.63) is 30.1 Å². The van der Waals surface area contributed by atoms with Crippen LogP contribution in [-0.2, 0) is 21.0 Å². The number of esters is 1. The fourth-order valence-corrected chi connectivity index (χ4v) is 3.28. The summed E-state index contributed by atoms with van der Waals surface area (Å²) in [5.41, 5.74) is 0.671. The van der Waals surface area contributed by atoms with Crippen LogP contribution < -0.4 is 0 Å². The number of pyridine rings is 1. The lowest BCUT2D eigenvalue weighted by Crippen LogP contribution is -2.27. The third-order valence-electron chi connectivity index (χ3n) is 3.95. The second-order valence-corrected chi connectivity index (χ2v) is 14.5. The van der Waals surface area contributed by atoms with E-state index in [0.717, 1.165) is 23.7 Å². The Morgan fingerprint density at radius 3 is 2.67 bits per heavy atom. The van der Waals surface area contributed by atoms with E-state index in [0.29, 0.717) is 12.3 Å². The minimum Gasteiger partial charge on any atom is -0.459 e. The van der Waals surface area contributed by atoms with Crippen molar-refractivity contribution in [3.63, 3.8) is 0 Å². The van der Waals surface area contributed by atoms with Gasteiger partial charge in [0, 0.05) is 32.5 Å². The van der Waals surface area contributed by atoms with Gasteiger partial charge in [0.05, 0.1) is 6.07 Å². The maximum absolute atomic E-state index is 12.3. The molecule has 27 heavy (non-hydrogen) atoms. The molecule has 0 aliphatic heterocycles. The molecule has 0 aromatic carbocycles. The second kappa shape index (κ2) is 8.24. The number of hydrogen-bond acceptors (Lipinski definition) is 5. The van der Waals surface area contributed by atoms with E-state index in [9.17, 15) is 10.1 Å². The van der Waals surface area contributed by atoms with E-state index in [4.69, 9.17) is 9.47 Å². The molecule has 0 saturated carbocycles. The minimum atomic E-state index is -1.11. The summed E-state index contributed by atoms with van der Waals surface area (Å²) in [6.07, 6.45) is 3.48. The molecule has 1 unspecified atom stereocenters. The summed E-state index contributed by atoms with van der Waals surface area (Å²) in [5, 5.41) is 10.3. The molecule has 0 radical (unpaired) electrons. The summed E-state index contributed by atoms with van der Waals surface area (Å²) >= 11 is 0. The van der Waals surface area contributed by atoms with Gasteiger partial charge in [-0.15, -0.1) is 0 Å². The standard InChI is InChI=1S/C20H29N3O3Si/c1-20(2,3)26-19(24)17(12-21)16-11-15-7-8-23(18(15)22-13-16)14-25-9-10-27(4,5)6/h7-8,11,13,17H,9-10,14H2,1-6H3. The van der Waals surface area contributed by atoms with E-state index < -0.39 is 25.6 Å². The highest BCUT2D eigenvalue weighted by Crippen LogP contribution is 2.23. The van der Waals surface area contributed by atoms with Gasteiger partial charge in [-0.05, 0) is 44.5 Å². The zero-order valence-electron chi connectivity index (χ0n) is 17.1. The summed E-state index contributed by atoms with van der Waals surface area (Å²) in [6, 6.07) is 6.87. The van der Waals surface area contributed by atoms with Gasteiger partial charge in [-0.25, -0.2) is 4.98 Å². The van der Waals surface area contributed by atoms with Gasteiger partial charge in [-0.1, -0.05) is 19.6 Å². The Labute approximate surface area is 162 Å². The van der Waals surface area contributed by atoms with Crippen LogP contribution in [0.3, 0.4) is 0 Å². The molecule has 7 heteroatoms. The van der Waals surface area contributed by atoms with Gasteiger partial charge in [-0.3, -0.25) is 4.79 Å². The van der Waals surface area contributed by atoms with Crippen molar-refractivity contribution in [2.24, 2.45) is 0 Å². The average molecular weight is 388 g/mol. The number of aromatic nitrogens is 2. The van der Waals surface area contributed by atoms with Crippen LogP contribution in [0.4, 0.5) is 0 Å². The molecule has 2 rings (SSSR count). The van der Waals surface area contributed by atoms with Crippen LogP contribution in [0.5, 0.6) is 0 Å². The van der Waals surface area contributed by atoms with Gasteiger partial charge in [0.15, 0.2) is 5.92 Å². The molecule has 0 aliphatic carbocycles. The third kappa shape index (κ3) is 6.19. The Balaban J connectivity index is 2.12. The maximum Gasteiger partial charge on any atom is 0.328 e. The molecule has 0 fully saturated rings. The maximum atomic E-state index is 12.3. The Morgan fingerprint density at radius 1 is 1.37 bits per heavy atom. The van der Waals surface area contributed by atoms with Crippen LogP contribution in [-0.4, -0.2) is 35.8 Å². The number of fused-ring (bicyclic) bond motifs is 1. The molecule has 0 bridgehead atoms. The Kier molecular flexibility index (Phi) is 6.45. The minimum absolute atomic E-state index is 0.439. The van der Waals surface area contributed by atoms with Gasteiger partial charge < -0.3 is 14.0 Å². The molecule has 6 nitrogen and oxygen atoms in total. The van der Waals surface area contributed by atoms with Crippen LogP contribution in [0.15, 0.2) is 24.5 Å². The molecule has 146 valence electrons. The predicted octanol–water partition coefficient (Wildman–Crippen LogP) is 4.30. The summed E-state index contributed by atoms with van der Waals surface area (Å²) in [5.74, 6) is -1.54. The highest BCUT2D eigenvalue weighted by atomic mass is 28.3. The first-order chi connectivity index (χ1) is 12.5. The summed E-state index contributed by atoms with van der Waals surface area (Å²) < 4.78 is 13.1. The third-order valence-corrected chi connectivity index (χ3v) is 5.66. The van der Waals surface area contributed by atoms with Crippen LogP contribution in [0.2, 0.25) is 25.7 Å². The zero-order chi connectivity index (χ0) is 20.2. The van der Waals surface area contributed by atoms with Crippen molar-refractivity contribution in [1.82, 2.24) is 9.55 Å². The largest absolute Gasteiger partial charge is 0.459 e. The number of carbonyl (C=O) groups is 1. The molecule has 0 saturated heterocycles. The van der Waals surface area contributed by atoms with E-state index in [1.807, 2.05) is 29.0 Å². The van der Waals surface area contributed by atoms with Crippen LogP contribution in [0, 0.1) is 11.3 Å². The van der Waals surface area contributed by atoms with Crippen LogP contribution in [0.25, 0.3) is 11.0 Å². The van der Waals surface area contributed by atoms with Gasteiger partial charge in [0.2, 0.25) is 0 Å². The quantitative estimate of drug-likeness (QED) is 0.402. The van der Waals surface area contributed by atoms with Crippen LogP contribution in [0.1, 0.15) is 32.3 Å². The highest BCUT2D eigenvalue weighted by Gasteiger charge is 2.27. The molecule has 2 aromatic rings. The molecule has 2 aromatic heterocycles. The van der Waals surface area contributed by atoms with Gasteiger partial charge >= 0.3 is 5.97 Å². The van der Waals surface area contributed by atoms with Crippen LogP contribution >= 0.6 is 0 Å². The average Bonchev–Trinajstić information content (AvgIpc) is 2.92. The first kappa shape index (κ1) is 21.1. The van der Waals surface area contributed by atoms with Crippen molar-refractivity contribution in [3.8, 4) is 6.07 Å². The molecule has 0 aliphatic rings. The molecule has 2 heterocycles. The number of rotatable bonds is 7. The number of hydrogen-bond donors (Lipinski definition) is 0. The summed E-state index contributed by atoms with van der Waals surface area (Å²) in [4.78, 5) is 16.7. The Hall–Kier alpha value is -2.17. The number of carbonyl (C=O) groups excluding carboxylic acids is 1. The number of nitrogens with zero attached hydrogens (tertiary/aromatic N) is 3. The van der Waals surface area contributed by atoms with E-state index in [2.05, 4.69) is 24.6 Å². The van der Waals surface area contributed by atoms with Crippen molar-refractivity contribution < 1.29 is 14.3 Å². The normalized spacial score (nSPS) is 13.4. The zero-order valence-corrected chi connectivity index (χ0v) is 18.1. The van der Waals surface area contributed by atoms with Crippen molar-refractivity contribution in [2.75, 3.05) is 6.61 Å². The Bertz CT molecular complexity index is 841. The van der Waals surface area contributed by atoms with Gasteiger partial charge in [0.1, 0.15) is 18.0 Å². The predicted molar refractivity (Wildman–Crippen MR) is 108 cm³/mol. The highest BCUT2D eigenvalue weighted by molar-refractivity contribution is 6.76. The number of ether oxygens (including phenoxy) is 2. The van der Waals surface area contributed by atoms with E-state index in [1.165, 1.54) is 0 Å². The fourth-order valence-electron chi connectivity index (χ4n) is 2.52. The molecular formula is C20H29N3O3Si. The van der Waals surface area contributed by atoms with Gasteiger partial charge in [-0.2, -0.15) is 5.26 Å². The van der Waals surface area contributed by atoms with Crippen molar-refractivity contribution in [2.45, 2.75) is 64.7 Å². The van der Waals surface area contributed by atoms with E-state index in [-0.39, 0.29) is 0 Å². The Morgan fingerprint density at radius 2 is 2.07 bits per heavy atom. The first-order valence-electron chi connectivity index (χ1n) is 9.15. The van der Waals surface area contributed by atoms with Crippen molar-refractivity contribution in [1.29, 1.82) is 5.26 Å². The fraction of sp³-hybridized carbons (Fsp3) is 0.550. The SMILES string of the molecule is CC(C)(C)OC(=O)C(C#N)c1cnc2c(ccn2COCC[Si](C)(C)C)c1. The second-order valence-electron chi connectivity index (χ2n) is 8.91. The van der Waals surface area contributed by atoms with E-state index in [1.54, 1.807) is 27.0 Å². The topological polar surface area (TPSA) is 77.1 Å².